The molecular formula is C14H27N3. The predicted octanol–water partition coefficient (Wildman–Crippen LogP) is 1.15. The fourth-order valence-electron chi connectivity index (χ4n) is 4.09. The highest BCUT2D eigenvalue weighted by molar-refractivity contribution is 4.97. The summed E-state index contributed by atoms with van der Waals surface area (Å²) < 4.78 is 0. The van der Waals surface area contributed by atoms with Gasteiger partial charge in [0.2, 0.25) is 0 Å². The molecule has 17 heavy (non-hydrogen) atoms. The molecule has 0 aromatic carbocycles. The van der Waals surface area contributed by atoms with Crippen molar-refractivity contribution in [2.45, 2.75) is 44.7 Å². The van der Waals surface area contributed by atoms with E-state index in [1.807, 2.05) is 0 Å². The summed E-state index contributed by atoms with van der Waals surface area (Å²) in [6.07, 6.45) is 5.64. The number of nitrogens with zero attached hydrogens (tertiary/aromatic N) is 2. The third-order valence-electron chi connectivity index (χ3n) is 4.88. The van der Waals surface area contributed by atoms with Gasteiger partial charge in [0.05, 0.1) is 0 Å². The average Bonchev–Trinajstić information content (AvgIpc) is 2.85. The Morgan fingerprint density at radius 3 is 2.71 bits per heavy atom. The standard InChI is InChI=1S/C14H27N3/c1-12-10-15-6-3-8-17(11-12)14-5-9-16-7-2-4-13(14)16/h12-15H,2-11H2,1H3. The first-order valence-corrected chi connectivity index (χ1v) is 7.53. The van der Waals surface area contributed by atoms with Crippen molar-refractivity contribution in [3.05, 3.63) is 0 Å². The van der Waals surface area contributed by atoms with Crippen LogP contribution < -0.4 is 5.32 Å². The van der Waals surface area contributed by atoms with E-state index in [4.69, 9.17) is 0 Å². The lowest BCUT2D eigenvalue weighted by Gasteiger charge is -2.36. The summed E-state index contributed by atoms with van der Waals surface area (Å²) in [6, 6.07) is 1.77. The fourth-order valence-corrected chi connectivity index (χ4v) is 4.09. The van der Waals surface area contributed by atoms with Crippen LogP contribution in [0, 0.1) is 5.92 Å². The van der Waals surface area contributed by atoms with Crippen molar-refractivity contribution in [2.75, 3.05) is 39.3 Å². The van der Waals surface area contributed by atoms with E-state index in [-0.39, 0.29) is 0 Å². The first-order chi connectivity index (χ1) is 8.34. The Morgan fingerprint density at radius 2 is 1.76 bits per heavy atom. The van der Waals surface area contributed by atoms with E-state index in [0.29, 0.717) is 0 Å². The summed E-state index contributed by atoms with van der Waals surface area (Å²) in [6.45, 7) is 10.2. The SMILES string of the molecule is CC1CNCCCN(C2CCN3CCCC23)C1. The van der Waals surface area contributed by atoms with Crippen LogP contribution in [0.1, 0.15) is 32.6 Å². The molecule has 3 saturated heterocycles. The van der Waals surface area contributed by atoms with Crippen LogP contribution in [0.5, 0.6) is 0 Å². The Morgan fingerprint density at radius 1 is 0.941 bits per heavy atom. The van der Waals surface area contributed by atoms with E-state index in [0.717, 1.165) is 18.0 Å². The average molecular weight is 237 g/mol. The maximum Gasteiger partial charge on any atom is 0.0263 e. The number of fused-ring (bicyclic) bond motifs is 1. The van der Waals surface area contributed by atoms with Crippen molar-refractivity contribution in [3.8, 4) is 0 Å². The van der Waals surface area contributed by atoms with Gasteiger partial charge in [0.15, 0.2) is 0 Å². The van der Waals surface area contributed by atoms with Gasteiger partial charge in [0.1, 0.15) is 0 Å². The van der Waals surface area contributed by atoms with Gasteiger partial charge in [-0.05, 0) is 57.8 Å². The third-order valence-corrected chi connectivity index (χ3v) is 4.88. The predicted molar refractivity (Wildman–Crippen MR) is 71.2 cm³/mol. The topological polar surface area (TPSA) is 18.5 Å². The molecule has 0 bridgehead atoms. The van der Waals surface area contributed by atoms with Gasteiger partial charge >= 0.3 is 0 Å². The molecule has 3 atom stereocenters. The van der Waals surface area contributed by atoms with Gasteiger partial charge in [-0.25, -0.2) is 0 Å². The first kappa shape index (κ1) is 11.9. The Kier molecular flexibility index (Phi) is 3.69. The molecular weight excluding hydrogens is 210 g/mol. The second kappa shape index (κ2) is 5.25. The lowest BCUT2D eigenvalue weighted by Crippen LogP contribution is -2.48. The van der Waals surface area contributed by atoms with Crippen LogP contribution in [0.3, 0.4) is 0 Å². The van der Waals surface area contributed by atoms with Crippen LogP contribution in [0.25, 0.3) is 0 Å². The molecule has 3 heteroatoms. The van der Waals surface area contributed by atoms with E-state index in [9.17, 15) is 0 Å². The smallest absolute Gasteiger partial charge is 0.0263 e. The zero-order chi connectivity index (χ0) is 11.7. The number of hydrogen-bond donors (Lipinski definition) is 1. The maximum atomic E-state index is 3.56. The zero-order valence-corrected chi connectivity index (χ0v) is 11.2. The molecule has 1 N–H and O–H groups in total. The van der Waals surface area contributed by atoms with Crippen molar-refractivity contribution in [1.29, 1.82) is 0 Å². The van der Waals surface area contributed by atoms with Crippen molar-refractivity contribution in [3.63, 3.8) is 0 Å². The van der Waals surface area contributed by atoms with E-state index in [1.165, 1.54) is 65.0 Å². The minimum Gasteiger partial charge on any atom is -0.316 e. The largest absolute Gasteiger partial charge is 0.316 e. The molecule has 0 radical (unpaired) electrons. The van der Waals surface area contributed by atoms with Crippen LogP contribution in [-0.4, -0.2) is 61.2 Å². The second-order valence-electron chi connectivity index (χ2n) is 6.26. The Labute approximate surface area is 106 Å². The number of rotatable bonds is 1. The number of nitrogens with one attached hydrogen (secondary N) is 1. The van der Waals surface area contributed by atoms with E-state index >= 15 is 0 Å². The quantitative estimate of drug-likeness (QED) is 0.738. The molecule has 0 amide bonds. The van der Waals surface area contributed by atoms with Crippen molar-refractivity contribution >= 4 is 0 Å². The summed E-state index contributed by atoms with van der Waals surface area (Å²) in [7, 11) is 0. The zero-order valence-electron chi connectivity index (χ0n) is 11.2. The van der Waals surface area contributed by atoms with Crippen LogP contribution in [0.2, 0.25) is 0 Å². The fraction of sp³-hybridized carbons (Fsp3) is 1.00. The Balaban J connectivity index is 1.64. The van der Waals surface area contributed by atoms with Gasteiger partial charge in [0.25, 0.3) is 0 Å². The van der Waals surface area contributed by atoms with Gasteiger partial charge in [-0.1, -0.05) is 6.92 Å². The number of hydrogen-bond acceptors (Lipinski definition) is 3. The van der Waals surface area contributed by atoms with Gasteiger partial charge in [0, 0.05) is 25.2 Å². The summed E-state index contributed by atoms with van der Waals surface area (Å²) in [4.78, 5) is 5.56. The van der Waals surface area contributed by atoms with E-state index in [1.54, 1.807) is 0 Å². The van der Waals surface area contributed by atoms with Crippen LogP contribution >= 0.6 is 0 Å². The highest BCUT2D eigenvalue weighted by atomic mass is 15.3. The van der Waals surface area contributed by atoms with Gasteiger partial charge < -0.3 is 5.32 Å². The Hall–Kier alpha value is -0.120. The minimum absolute atomic E-state index is 0.811. The molecule has 0 aromatic heterocycles. The van der Waals surface area contributed by atoms with Crippen LogP contribution in [0.15, 0.2) is 0 Å². The minimum atomic E-state index is 0.811. The Bertz CT molecular complexity index is 256. The molecule has 3 aliphatic heterocycles. The lowest BCUT2D eigenvalue weighted by molar-refractivity contribution is 0.130. The summed E-state index contributed by atoms with van der Waals surface area (Å²) >= 11 is 0. The third kappa shape index (κ3) is 2.51. The monoisotopic (exact) mass is 237 g/mol. The molecule has 0 aliphatic carbocycles. The van der Waals surface area contributed by atoms with Crippen LogP contribution in [0.4, 0.5) is 0 Å². The van der Waals surface area contributed by atoms with E-state index in [2.05, 4.69) is 22.0 Å². The van der Waals surface area contributed by atoms with Crippen molar-refractivity contribution in [2.24, 2.45) is 5.92 Å². The summed E-state index contributed by atoms with van der Waals surface area (Å²) in [5.74, 6) is 0.811. The summed E-state index contributed by atoms with van der Waals surface area (Å²) in [5.41, 5.74) is 0. The maximum absolute atomic E-state index is 3.56. The van der Waals surface area contributed by atoms with Crippen LogP contribution in [-0.2, 0) is 0 Å². The molecule has 0 spiro atoms. The molecule has 98 valence electrons. The molecule has 3 nitrogen and oxygen atoms in total. The van der Waals surface area contributed by atoms with E-state index < -0.39 is 0 Å². The van der Waals surface area contributed by atoms with Gasteiger partial charge in [-0.3, -0.25) is 9.80 Å². The lowest BCUT2D eigenvalue weighted by atomic mass is 10.0. The first-order valence-electron chi connectivity index (χ1n) is 7.53. The molecule has 3 rings (SSSR count). The molecule has 3 unspecified atom stereocenters. The highest BCUT2D eigenvalue weighted by Crippen LogP contribution is 2.31. The van der Waals surface area contributed by atoms with Gasteiger partial charge in [-0.15, -0.1) is 0 Å². The molecule has 0 aromatic rings. The normalized spacial score (nSPS) is 41.1. The second-order valence-corrected chi connectivity index (χ2v) is 6.26. The molecule has 3 aliphatic rings. The van der Waals surface area contributed by atoms with Crippen molar-refractivity contribution in [1.82, 2.24) is 15.1 Å². The summed E-state index contributed by atoms with van der Waals surface area (Å²) in [5, 5.41) is 3.56. The molecule has 0 saturated carbocycles. The highest BCUT2D eigenvalue weighted by Gasteiger charge is 2.40. The van der Waals surface area contributed by atoms with Gasteiger partial charge in [-0.2, -0.15) is 0 Å². The molecule has 3 fully saturated rings. The molecule has 3 heterocycles. The van der Waals surface area contributed by atoms with Crippen molar-refractivity contribution < 1.29 is 0 Å².